The molecule has 15 atom stereocenters. The van der Waals surface area contributed by atoms with Crippen LogP contribution in [0.4, 0.5) is 0 Å². The van der Waals surface area contributed by atoms with E-state index in [1.807, 2.05) is 0 Å². The molecular weight excluding hydrogens is 1350 g/mol. The fourth-order valence-electron chi connectivity index (χ4n) is 10.6. The van der Waals surface area contributed by atoms with Crippen molar-refractivity contribution in [1.82, 2.24) is 26.6 Å². The van der Waals surface area contributed by atoms with Gasteiger partial charge in [0.15, 0.2) is 18.9 Å². The topological polar surface area (TPSA) is 499 Å². The molecule has 3 saturated heterocycles. The summed E-state index contributed by atoms with van der Waals surface area (Å²) in [5.41, 5.74) is -0.729. The second-order valence-electron chi connectivity index (χ2n) is 26.7. The molecule has 35 heteroatoms. The van der Waals surface area contributed by atoms with Crippen molar-refractivity contribution in [3.63, 3.8) is 0 Å². The highest BCUT2D eigenvalue weighted by Crippen LogP contribution is 2.29. The number of amides is 5. The van der Waals surface area contributed by atoms with Crippen LogP contribution in [0.25, 0.3) is 0 Å². The lowest BCUT2D eigenvalue weighted by Crippen LogP contribution is -2.64. The fourth-order valence-corrected chi connectivity index (χ4v) is 10.6. The normalized spacial score (nSPS) is 25.6. The summed E-state index contributed by atoms with van der Waals surface area (Å²) in [5.74, 6) is -2.77. The number of carbonyl (C=O) groups excluding carboxylic acids is 8. The molecule has 5 amide bonds. The van der Waals surface area contributed by atoms with Gasteiger partial charge in [-0.15, -0.1) is 0 Å². The third-order valence-electron chi connectivity index (χ3n) is 15.9. The van der Waals surface area contributed by atoms with Crippen molar-refractivity contribution in [3.05, 3.63) is 0 Å². The van der Waals surface area contributed by atoms with Crippen LogP contribution in [0.1, 0.15) is 138 Å². The minimum absolute atomic E-state index is 0.0320. The molecule has 3 fully saturated rings. The minimum Gasteiger partial charge on any atom is -0.394 e. The van der Waals surface area contributed by atoms with E-state index in [-0.39, 0.29) is 207 Å². The van der Waals surface area contributed by atoms with E-state index in [0.717, 1.165) is 0 Å². The Bertz CT molecular complexity index is 2150. The highest BCUT2D eigenvalue weighted by Gasteiger charge is 2.48. The lowest BCUT2D eigenvalue weighted by Gasteiger charge is -2.42. The number of aliphatic hydroxyl groups excluding tert-OH is 9. The van der Waals surface area contributed by atoms with Gasteiger partial charge in [-0.25, -0.2) is 0 Å². The second kappa shape index (κ2) is 53.3. The van der Waals surface area contributed by atoms with Gasteiger partial charge in [-0.05, 0) is 43.9 Å². The van der Waals surface area contributed by atoms with Gasteiger partial charge in [0.05, 0.1) is 112 Å². The lowest BCUT2D eigenvalue weighted by molar-refractivity contribution is -0.272. The van der Waals surface area contributed by atoms with Crippen LogP contribution in [-0.2, 0) is 99.9 Å². The summed E-state index contributed by atoms with van der Waals surface area (Å²) in [6, 6.07) is -3.32. The third-order valence-corrected chi connectivity index (χ3v) is 15.9. The Morgan fingerprint density at radius 2 is 0.686 bits per heavy atom. The molecule has 0 aromatic carbocycles. The van der Waals surface area contributed by atoms with Gasteiger partial charge in [-0.1, -0.05) is 27.7 Å². The van der Waals surface area contributed by atoms with Crippen molar-refractivity contribution < 1.29 is 146 Å². The molecule has 0 spiro atoms. The minimum atomic E-state index is -1.47. The van der Waals surface area contributed by atoms with Crippen LogP contribution in [0.3, 0.4) is 0 Å². The molecule has 3 rings (SSSR count). The molecule has 3 heterocycles. The van der Waals surface area contributed by atoms with Crippen molar-refractivity contribution in [2.45, 2.75) is 236 Å². The van der Waals surface area contributed by atoms with Crippen LogP contribution in [0.15, 0.2) is 0 Å². The number of aliphatic hydroxyl groups is 9. The highest BCUT2D eigenvalue weighted by atomic mass is 16.7. The zero-order valence-corrected chi connectivity index (χ0v) is 60.8. The predicted molar refractivity (Wildman–Crippen MR) is 359 cm³/mol. The Morgan fingerprint density at radius 3 is 1.03 bits per heavy atom. The predicted octanol–water partition coefficient (Wildman–Crippen LogP) is -3.19. The summed E-state index contributed by atoms with van der Waals surface area (Å²) in [6.07, 6.45) is -14.5. The van der Waals surface area contributed by atoms with Crippen LogP contribution in [0, 0.1) is 5.41 Å². The van der Waals surface area contributed by atoms with Crippen LogP contribution in [0.5, 0.6) is 0 Å². The van der Waals surface area contributed by atoms with E-state index in [9.17, 15) is 84.3 Å². The molecule has 0 bridgehead atoms. The van der Waals surface area contributed by atoms with Gasteiger partial charge in [0.2, 0.25) is 29.5 Å². The highest BCUT2D eigenvalue weighted by molar-refractivity contribution is 5.82. The number of ketones is 3. The van der Waals surface area contributed by atoms with Crippen LogP contribution < -0.4 is 26.6 Å². The summed E-state index contributed by atoms with van der Waals surface area (Å²) in [5, 5.41) is 104. The summed E-state index contributed by atoms with van der Waals surface area (Å²) >= 11 is 0. The van der Waals surface area contributed by atoms with E-state index in [4.69, 9.17) is 61.6 Å². The number of methoxy groups -OCH3 is 1. The van der Waals surface area contributed by atoms with Gasteiger partial charge in [0, 0.05) is 105 Å². The lowest BCUT2D eigenvalue weighted by atomic mass is 9.81. The van der Waals surface area contributed by atoms with E-state index < -0.39 is 147 Å². The van der Waals surface area contributed by atoms with Crippen LogP contribution in [0.2, 0.25) is 0 Å². The van der Waals surface area contributed by atoms with Crippen LogP contribution in [-0.4, -0.2) is 329 Å². The van der Waals surface area contributed by atoms with E-state index in [1.165, 1.54) is 27.9 Å². The molecule has 0 aromatic rings. The maximum absolute atomic E-state index is 13.8. The molecule has 3 aliphatic heterocycles. The molecular formula is C67H121N5O30. The first-order valence-corrected chi connectivity index (χ1v) is 35.1. The molecule has 14 N–H and O–H groups in total. The quantitative estimate of drug-likeness (QED) is 0.0267. The summed E-state index contributed by atoms with van der Waals surface area (Å²) < 4.78 is 72.2. The van der Waals surface area contributed by atoms with Gasteiger partial charge in [0.25, 0.3) is 0 Å². The van der Waals surface area contributed by atoms with Gasteiger partial charge in [-0.3, -0.25) is 38.4 Å². The summed E-state index contributed by atoms with van der Waals surface area (Å²) in [4.78, 5) is 102. The van der Waals surface area contributed by atoms with Gasteiger partial charge in [-0.2, -0.15) is 0 Å². The average Bonchev–Trinajstić information content (AvgIpc) is 0.829. The Kier molecular flexibility index (Phi) is 48.9. The van der Waals surface area contributed by atoms with Gasteiger partial charge in [0.1, 0.15) is 90.4 Å². The maximum Gasteiger partial charge on any atom is 0.220 e. The number of hydrogen-bond donors (Lipinski definition) is 14. The van der Waals surface area contributed by atoms with Crippen molar-refractivity contribution >= 4 is 46.9 Å². The van der Waals surface area contributed by atoms with E-state index in [0.29, 0.717) is 18.3 Å². The number of nitrogens with one attached hydrogen (secondary N) is 5. The molecule has 15 unspecified atom stereocenters. The largest absolute Gasteiger partial charge is 0.394 e. The number of Topliss-reactive ketones (excluding diaryl/α,β-unsaturated/α-hetero) is 3. The summed E-state index contributed by atoms with van der Waals surface area (Å²) in [6.45, 7) is 12.3. The molecule has 102 heavy (non-hydrogen) atoms. The number of ether oxygens (including phenoxy) is 13. The first-order valence-electron chi connectivity index (χ1n) is 35.1. The number of rotatable bonds is 55. The first kappa shape index (κ1) is 93.6. The molecule has 0 radical (unpaired) electrons. The van der Waals surface area contributed by atoms with Crippen LogP contribution >= 0.6 is 0 Å². The van der Waals surface area contributed by atoms with E-state index in [1.54, 1.807) is 0 Å². The monoisotopic (exact) mass is 1480 g/mol. The van der Waals surface area contributed by atoms with Crippen molar-refractivity contribution in [2.75, 3.05) is 139 Å². The van der Waals surface area contributed by atoms with Crippen molar-refractivity contribution in [3.8, 4) is 0 Å². The number of hydrogen-bond acceptors (Lipinski definition) is 30. The average molecular weight is 1480 g/mol. The fraction of sp³-hybridized carbons (Fsp3) is 0.881. The Labute approximate surface area is 597 Å². The molecule has 0 aliphatic carbocycles. The SMILES string of the molecule is CC(C)(C)C.COCCC(=O)CCCC(=O)NC(CCC(=O)CCCOCCOCCOC1OC(CO)C(O)C(O)C1NC(C)=O)(CCC(=O)CCCOCCOCCOC1OC(CO)C(O)C(O)C1NC(C)=O)CCC(=O)NCCOCCOCCOC1OC(CO)C(O)C(O)C1NC(C)=O. The van der Waals surface area contributed by atoms with Gasteiger partial charge < -0.3 is 134 Å². The molecule has 0 aromatic heterocycles. The standard InChI is InChI=1S/C62H109N5O30.C5H12/c1-39(71)64-50-56(82)53(79)45(36-68)95-59(50)92-33-30-89-27-24-86-20-6-9-42(74)12-16-62(67-49(78)11-5-8-44(76)15-22-85-4,17-13-43(75)10-7-21-87-25-28-90-31-34-93-60-51(65-40(2)72)57(83)54(80)46(37-69)96-60)18-14-48(77)63-19-23-88-26-29-91-32-35-94-61-52(66-41(3)73)58(84)55(81)47(38-70)97-61;1-5(2,3)4/h45-47,50-61,68-70,79-84H,5-38H2,1-4H3,(H,63,77)(H,64,71)(H,65,72)(H,66,73)(H,67,78);1-4H3. The van der Waals surface area contributed by atoms with E-state index >= 15 is 0 Å². The molecule has 3 aliphatic rings. The van der Waals surface area contributed by atoms with Crippen molar-refractivity contribution in [2.24, 2.45) is 5.41 Å². The molecule has 594 valence electrons. The van der Waals surface area contributed by atoms with E-state index in [2.05, 4.69) is 54.3 Å². The number of carbonyl (C=O) groups is 8. The third kappa shape index (κ3) is 40.3. The molecule has 0 saturated carbocycles. The van der Waals surface area contributed by atoms with Crippen molar-refractivity contribution in [1.29, 1.82) is 0 Å². The second-order valence-corrected chi connectivity index (χ2v) is 26.7. The summed E-state index contributed by atoms with van der Waals surface area (Å²) in [7, 11) is 1.47. The Morgan fingerprint density at radius 1 is 0.373 bits per heavy atom. The first-order chi connectivity index (χ1) is 48.5. The smallest absolute Gasteiger partial charge is 0.220 e. The molecule has 35 nitrogen and oxygen atoms in total. The zero-order chi connectivity index (χ0) is 76.0. The zero-order valence-electron chi connectivity index (χ0n) is 60.8. The Hall–Kier alpha value is -4.52. The maximum atomic E-state index is 13.8. The van der Waals surface area contributed by atoms with Gasteiger partial charge >= 0.3 is 0 Å². The Balaban J connectivity index is 0.00000681.